The average Bonchev–Trinajstić information content (AvgIpc) is 3.11. The van der Waals surface area contributed by atoms with Crippen LogP contribution in [0.4, 0.5) is 11.4 Å². The van der Waals surface area contributed by atoms with Gasteiger partial charge in [-0.2, -0.15) is 5.43 Å². The molecule has 0 saturated heterocycles. The van der Waals surface area contributed by atoms with Crippen molar-refractivity contribution in [3.63, 3.8) is 0 Å². The fraction of sp³-hybridized carbons (Fsp3) is 0.100. The summed E-state index contributed by atoms with van der Waals surface area (Å²) in [6.07, 6.45) is 5.46. The highest BCUT2D eigenvalue weighted by molar-refractivity contribution is 7.82. The molecule has 0 aromatic heterocycles. The van der Waals surface area contributed by atoms with Gasteiger partial charge in [-0.05, 0) is 54.1 Å². The number of hydrogen-bond acceptors (Lipinski definition) is 6. The first kappa shape index (κ1) is 19.1. The number of nitrogens with one attached hydrogen (secondary N) is 3. The molecule has 0 bridgehead atoms. The van der Waals surface area contributed by atoms with E-state index in [9.17, 15) is 9.00 Å². The maximum atomic E-state index is 11.4. The number of hydrazine groups is 1. The van der Waals surface area contributed by atoms with Gasteiger partial charge >= 0.3 is 0 Å². The third kappa shape index (κ3) is 4.27. The average molecular weight is 408 g/mol. The molecule has 9 heteroatoms. The van der Waals surface area contributed by atoms with Gasteiger partial charge in [0.2, 0.25) is 5.91 Å². The van der Waals surface area contributed by atoms with Gasteiger partial charge in [-0.25, -0.2) is 14.3 Å². The Hall–Kier alpha value is -3.27. The van der Waals surface area contributed by atoms with Gasteiger partial charge in [0.05, 0.1) is 4.90 Å². The van der Waals surface area contributed by atoms with Crippen LogP contribution in [0.5, 0.6) is 0 Å². The quantitative estimate of drug-likeness (QED) is 0.606. The highest BCUT2D eigenvalue weighted by Gasteiger charge is 2.27. The molecule has 2 heterocycles. The minimum atomic E-state index is -1.50. The van der Waals surface area contributed by atoms with Gasteiger partial charge in [-0.1, -0.05) is 12.1 Å². The second-order valence-electron chi connectivity index (χ2n) is 6.50. The first-order valence-electron chi connectivity index (χ1n) is 8.92. The predicted molar refractivity (Wildman–Crippen MR) is 115 cm³/mol. The highest BCUT2D eigenvalue weighted by atomic mass is 32.2. The lowest BCUT2D eigenvalue weighted by molar-refractivity contribution is -0.114. The van der Waals surface area contributed by atoms with Crippen molar-refractivity contribution in [2.45, 2.75) is 18.1 Å². The molecule has 4 rings (SSSR count). The molecule has 2 aromatic carbocycles. The first-order valence-corrected chi connectivity index (χ1v) is 10.1. The number of carbonyl (C=O) groups excluding carboxylic acids is 1. The minimum Gasteiger partial charge on any atom is -0.350 e. The molecule has 8 nitrogen and oxygen atoms in total. The van der Waals surface area contributed by atoms with Crippen LogP contribution in [0.2, 0.25) is 0 Å². The van der Waals surface area contributed by atoms with Crippen LogP contribution in [0.1, 0.15) is 12.5 Å². The number of carbonyl (C=O) groups is 1. The number of amidine groups is 1. The summed E-state index contributed by atoms with van der Waals surface area (Å²) in [7, 11) is -1.50. The number of allylic oxidation sites excluding steroid dienone is 2. The molecule has 1 amide bonds. The number of benzene rings is 2. The predicted octanol–water partition coefficient (Wildman–Crippen LogP) is 2.15. The lowest BCUT2D eigenvalue weighted by atomic mass is 10.0. The zero-order chi connectivity index (χ0) is 20.4. The van der Waals surface area contributed by atoms with E-state index in [1.807, 2.05) is 59.8 Å². The number of fused-ring (bicyclic) bond motifs is 1. The molecule has 0 spiro atoms. The number of nitrogens with two attached hydrogens (primary N) is 1. The van der Waals surface area contributed by atoms with E-state index in [0.717, 1.165) is 28.3 Å². The van der Waals surface area contributed by atoms with Crippen molar-refractivity contribution in [3.05, 3.63) is 72.4 Å². The standard InChI is InChI=1S/C20H20N6O2S/c1-13(27)22-15-6-8-16(9-7-15)23-20-24-19-18(3-2-12-26(19)25-20)14-4-10-17(11-5-14)29(21)28/h2-12,20,23,25H,21H2,1H3,(H,22,27). The smallest absolute Gasteiger partial charge is 0.221 e. The molecule has 29 heavy (non-hydrogen) atoms. The molecular formula is C20H20N6O2S. The van der Waals surface area contributed by atoms with Crippen molar-refractivity contribution in [3.8, 4) is 0 Å². The van der Waals surface area contributed by atoms with E-state index in [0.29, 0.717) is 4.90 Å². The van der Waals surface area contributed by atoms with Gasteiger partial charge in [-0.3, -0.25) is 9.80 Å². The van der Waals surface area contributed by atoms with E-state index < -0.39 is 11.0 Å². The van der Waals surface area contributed by atoms with Gasteiger partial charge in [0.25, 0.3) is 0 Å². The third-order valence-corrected chi connectivity index (χ3v) is 5.12. The molecule has 2 atom stereocenters. The molecular weight excluding hydrogens is 388 g/mol. The molecule has 0 radical (unpaired) electrons. The van der Waals surface area contributed by atoms with Crippen LogP contribution in [0.25, 0.3) is 5.57 Å². The normalized spacial score (nSPS) is 18.6. The Kier molecular flexibility index (Phi) is 5.26. The Morgan fingerprint density at radius 3 is 2.48 bits per heavy atom. The van der Waals surface area contributed by atoms with Gasteiger partial charge in [0, 0.05) is 30.1 Å². The summed E-state index contributed by atoms with van der Waals surface area (Å²) in [4.78, 5) is 16.4. The van der Waals surface area contributed by atoms with Gasteiger partial charge in [0.1, 0.15) is 11.0 Å². The number of hydrogen-bond donors (Lipinski definition) is 4. The molecule has 148 valence electrons. The van der Waals surface area contributed by atoms with Crippen LogP contribution in [-0.4, -0.2) is 27.3 Å². The molecule has 0 saturated carbocycles. The van der Waals surface area contributed by atoms with Crippen LogP contribution in [0.15, 0.2) is 76.8 Å². The van der Waals surface area contributed by atoms with Crippen molar-refractivity contribution in [2.75, 3.05) is 10.6 Å². The Morgan fingerprint density at radius 1 is 1.14 bits per heavy atom. The topological polar surface area (TPSA) is 112 Å². The molecule has 2 aromatic rings. The minimum absolute atomic E-state index is 0.108. The highest BCUT2D eigenvalue weighted by Crippen LogP contribution is 2.26. The van der Waals surface area contributed by atoms with Crippen LogP contribution >= 0.6 is 0 Å². The molecule has 0 fully saturated rings. The summed E-state index contributed by atoms with van der Waals surface area (Å²) in [6, 6.07) is 14.7. The van der Waals surface area contributed by atoms with Crippen LogP contribution < -0.4 is 21.2 Å². The largest absolute Gasteiger partial charge is 0.350 e. The van der Waals surface area contributed by atoms with Crippen molar-refractivity contribution in [1.82, 2.24) is 10.4 Å². The van der Waals surface area contributed by atoms with Crippen molar-refractivity contribution in [1.29, 1.82) is 0 Å². The zero-order valence-corrected chi connectivity index (χ0v) is 16.4. The van der Waals surface area contributed by atoms with Crippen LogP contribution in [-0.2, 0) is 15.8 Å². The number of amides is 1. The van der Waals surface area contributed by atoms with Crippen molar-refractivity contribution in [2.24, 2.45) is 10.1 Å². The summed E-state index contributed by atoms with van der Waals surface area (Å²) in [6.45, 7) is 1.47. The van der Waals surface area contributed by atoms with Crippen LogP contribution in [0.3, 0.4) is 0 Å². The molecule has 2 unspecified atom stereocenters. The summed E-state index contributed by atoms with van der Waals surface area (Å²) in [5, 5.41) is 13.3. The Labute approximate surface area is 170 Å². The number of aliphatic imine (C=N–C) groups is 1. The maximum absolute atomic E-state index is 11.4. The lowest BCUT2D eigenvalue weighted by Gasteiger charge is -2.22. The Bertz CT molecular complexity index is 1040. The molecule has 0 aliphatic carbocycles. The monoisotopic (exact) mass is 408 g/mol. The first-order chi connectivity index (χ1) is 14.0. The summed E-state index contributed by atoms with van der Waals surface area (Å²) in [5.74, 6) is 0.671. The van der Waals surface area contributed by atoms with Gasteiger partial charge in [0.15, 0.2) is 12.1 Å². The van der Waals surface area contributed by atoms with E-state index in [1.54, 1.807) is 12.1 Å². The van der Waals surface area contributed by atoms with E-state index in [1.165, 1.54) is 6.92 Å². The van der Waals surface area contributed by atoms with E-state index in [-0.39, 0.29) is 12.2 Å². The van der Waals surface area contributed by atoms with E-state index in [4.69, 9.17) is 10.1 Å². The Morgan fingerprint density at radius 2 is 1.83 bits per heavy atom. The molecule has 2 aliphatic heterocycles. The van der Waals surface area contributed by atoms with E-state index in [2.05, 4.69) is 16.1 Å². The van der Waals surface area contributed by atoms with Gasteiger partial charge in [-0.15, -0.1) is 0 Å². The van der Waals surface area contributed by atoms with Crippen molar-refractivity contribution >= 4 is 39.7 Å². The Balaban J connectivity index is 1.50. The molecule has 5 N–H and O–H groups in total. The molecule has 2 aliphatic rings. The second kappa shape index (κ2) is 8.00. The number of nitrogens with zero attached hydrogens (tertiary/aromatic N) is 2. The fourth-order valence-corrected chi connectivity index (χ4v) is 3.49. The maximum Gasteiger partial charge on any atom is 0.221 e. The second-order valence-corrected chi connectivity index (χ2v) is 7.57. The zero-order valence-electron chi connectivity index (χ0n) is 15.6. The van der Waals surface area contributed by atoms with Crippen molar-refractivity contribution < 1.29 is 9.00 Å². The van der Waals surface area contributed by atoms with Crippen LogP contribution in [0, 0.1) is 0 Å². The summed E-state index contributed by atoms with van der Waals surface area (Å²) < 4.78 is 11.4. The number of rotatable bonds is 5. The fourth-order valence-electron chi connectivity index (χ4n) is 3.09. The third-order valence-electron chi connectivity index (χ3n) is 4.39. The summed E-state index contributed by atoms with van der Waals surface area (Å²) >= 11 is 0. The SMILES string of the molecule is CC(=O)Nc1ccc(NC2N=C3C(c4ccc(S(N)=O)cc4)=CC=CN3N2)cc1. The summed E-state index contributed by atoms with van der Waals surface area (Å²) in [5.41, 5.74) is 6.77. The number of anilines is 2. The van der Waals surface area contributed by atoms with E-state index >= 15 is 0 Å². The lowest BCUT2D eigenvalue weighted by Crippen LogP contribution is -2.40. The van der Waals surface area contributed by atoms with Gasteiger partial charge < -0.3 is 10.6 Å².